The Kier molecular flexibility index (Phi) is 4.56. The summed E-state index contributed by atoms with van der Waals surface area (Å²) in [5.41, 5.74) is 1.33. The van der Waals surface area contributed by atoms with Crippen LogP contribution < -0.4 is 5.32 Å². The molecule has 1 aromatic heterocycles. The normalized spacial score (nSPS) is 11.9. The number of amides is 1. The number of nitrogens with zero attached hydrogens (tertiary/aromatic N) is 1. The van der Waals surface area contributed by atoms with Crippen molar-refractivity contribution >= 4 is 33.4 Å². The lowest BCUT2D eigenvalue weighted by Crippen LogP contribution is -2.27. The summed E-state index contributed by atoms with van der Waals surface area (Å²) in [5.74, 6) is -0.241. The third kappa shape index (κ3) is 3.78. The molecular weight excluding hydrogens is 328 g/mol. The number of pyridine rings is 1. The van der Waals surface area contributed by atoms with Gasteiger partial charge in [0.25, 0.3) is 5.91 Å². The fourth-order valence-corrected chi connectivity index (χ4v) is 2.24. The summed E-state index contributed by atoms with van der Waals surface area (Å²) in [6.07, 6.45) is 1.51. The first kappa shape index (κ1) is 14.0. The minimum Gasteiger partial charge on any atom is -0.344 e. The average molecular weight is 340 g/mol. The van der Waals surface area contributed by atoms with Gasteiger partial charge < -0.3 is 5.32 Å². The summed E-state index contributed by atoms with van der Waals surface area (Å²) in [6.45, 7) is 1.92. The van der Waals surface area contributed by atoms with E-state index in [-0.39, 0.29) is 11.9 Å². The van der Waals surface area contributed by atoms with Gasteiger partial charge in [0.05, 0.1) is 6.04 Å². The first-order chi connectivity index (χ1) is 9.06. The van der Waals surface area contributed by atoms with Crippen LogP contribution in [0.4, 0.5) is 0 Å². The summed E-state index contributed by atoms with van der Waals surface area (Å²) in [6, 6.07) is 10.9. The first-order valence-corrected chi connectivity index (χ1v) is 6.91. The van der Waals surface area contributed by atoms with E-state index in [1.807, 2.05) is 31.2 Å². The van der Waals surface area contributed by atoms with Gasteiger partial charge in [-0.05, 0) is 36.8 Å². The Bertz CT molecular complexity index is 604. The SMILES string of the molecule is CC(NC(=O)c1cc(Cl)ccn1)c1cccc(Br)c1. The topological polar surface area (TPSA) is 42.0 Å². The fraction of sp³-hybridized carbons (Fsp3) is 0.143. The van der Waals surface area contributed by atoms with Gasteiger partial charge in [-0.1, -0.05) is 39.7 Å². The highest BCUT2D eigenvalue weighted by atomic mass is 79.9. The molecule has 1 heterocycles. The highest BCUT2D eigenvalue weighted by molar-refractivity contribution is 9.10. The van der Waals surface area contributed by atoms with E-state index >= 15 is 0 Å². The van der Waals surface area contributed by atoms with E-state index in [0.29, 0.717) is 10.7 Å². The van der Waals surface area contributed by atoms with Gasteiger partial charge in [0.2, 0.25) is 0 Å². The van der Waals surface area contributed by atoms with Crippen LogP contribution in [0.2, 0.25) is 5.02 Å². The summed E-state index contributed by atoms with van der Waals surface area (Å²) in [7, 11) is 0. The van der Waals surface area contributed by atoms with Crippen molar-refractivity contribution in [3.05, 3.63) is 63.3 Å². The molecule has 0 bridgehead atoms. The van der Waals surface area contributed by atoms with Crippen LogP contribution >= 0.6 is 27.5 Å². The molecule has 98 valence electrons. The summed E-state index contributed by atoms with van der Waals surface area (Å²) in [4.78, 5) is 16.0. The zero-order valence-corrected chi connectivity index (χ0v) is 12.6. The second kappa shape index (κ2) is 6.17. The van der Waals surface area contributed by atoms with Gasteiger partial charge in [0.1, 0.15) is 5.69 Å². The predicted octanol–water partition coefficient (Wildman–Crippen LogP) is 3.99. The Morgan fingerprint density at radius 3 is 2.84 bits per heavy atom. The molecule has 1 atom stereocenters. The highest BCUT2D eigenvalue weighted by Crippen LogP contribution is 2.18. The zero-order chi connectivity index (χ0) is 13.8. The molecule has 0 spiro atoms. The molecule has 0 saturated heterocycles. The van der Waals surface area contributed by atoms with Crippen LogP contribution in [0.15, 0.2) is 47.1 Å². The number of nitrogens with one attached hydrogen (secondary N) is 1. The first-order valence-electron chi connectivity index (χ1n) is 5.74. The number of benzene rings is 1. The molecule has 1 amide bonds. The van der Waals surface area contributed by atoms with Crippen LogP contribution in [0.3, 0.4) is 0 Å². The van der Waals surface area contributed by atoms with Crippen molar-refractivity contribution in [3.8, 4) is 0 Å². The quantitative estimate of drug-likeness (QED) is 0.918. The highest BCUT2D eigenvalue weighted by Gasteiger charge is 2.12. The van der Waals surface area contributed by atoms with Gasteiger partial charge in [0.15, 0.2) is 0 Å². The van der Waals surface area contributed by atoms with Crippen LogP contribution in [-0.2, 0) is 0 Å². The molecule has 3 nitrogen and oxygen atoms in total. The van der Waals surface area contributed by atoms with Gasteiger partial charge in [0, 0.05) is 15.7 Å². The number of halogens is 2. The van der Waals surface area contributed by atoms with E-state index in [1.165, 1.54) is 6.20 Å². The van der Waals surface area contributed by atoms with Crippen molar-refractivity contribution in [2.45, 2.75) is 13.0 Å². The van der Waals surface area contributed by atoms with E-state index in [0.717, 1.165) is 10.0 Å². The van der Waals surface area contributed by atoms with Crippen molar-refractivity contribution in [1.82, 2.24) is 10.3 Å². The molecule has 0 fully saturated rings. The Morgan fingerprint density at radius 2 is 2.16 bits per heavy atom. The minimum absolute atomic E-state index is 0.106. The summed E-state index contributed by atoms with van der Waals surface area (Å²) >= 11 is 9.25. The van der Waals surface area contributed by atoms with E-state index in [2.05, 4.69) is 26.2 Å². The van der Waals surface area contributed by atoms with E-state index in [9.17, 15) is 4.79 Å². The van der Waals surface area contributed by atoms with Crippen molar-refractivity contribution in [3.63, 3.8) is 0 Å². The van der Waals surface area contributed by atoms with Crippen LogP contribution in [-0.4, -0.2) is 10.9 Å². The van der Waals surface area contributed by atoms with Gasteiger partial charge in [-0.25, -0.2) is 0 Å². The summed E-state index contributed by atoms with van der Waals surface area (Å²) in [5, 5.41) is 3.38. The molecule has 2 aromatic rings. The van der Waals surface area contributed by atoms with Gasteiger partial charge in [-0.15, -0.1) is 0 Å². The van der Waals surface area contributed by atoms with Crippen LogP contribution in [0.1, 0.15) is 29.0 Å². The molecule has 0 aliphatic heterocycles. The van der Waals surface area contributed by atoms with E-state index in [4.69, 9.17) is 11.6 Å². The second-order valence-electron chi connectivity index (χ2n) is 4.11. The Balaban J connectivity index is 2.11. The molecule has 1 aromatic carbocycles. The molecule has 19 heavy (non-hydrogen) atoms. The molecule has 1 N–H and O–H groups in total. The Hall–Kier alpha value is -1.39. The van der Waals surface area contributed by atoms with Crippen molar-refractivity contribution < 1.29 is 4.79 Å². The van der Waals surface area contributed by atoms with Crippen LogP contribution in [0, 0.1) is 0 Å². The van der Waals surface area contributed by atoms with Gasteiger partial charge >= 0.3 is 0 Å². The predicted molar refractivity (Wildman–Crippen MR) is 79.3 cm³/mol. The second-order valence-corrected chi connectivity index (χ2v) is 5.46. The largest absolute Gasteiger partial charge is 0.344 e. The molecule has 1 unspecified atom stereocenters. The smallest absolute Gasteiger partial charge is 0.270 e. The Labute approximate surface area is 125 Å². The molecule has 5 heteroatoms. The number of hydrogen-bond donors (Lipinski definition) is 1. The molecule has 0 radical (unpaired) electrons. The zero-order valence-electron chi connectivity index (χ0n) is 10.2. The lowest BCUT2D eigenvalue weighted by Gasteiger charge is -2.14. The molecule has 2 rings (SSSR count). The van der Waals surface area contributed by atoms with Gasteiger partial charge in [-0.3, -0.25) is 9.78 Å². The maximum atomic E-state index is 12.0. The average Bonchev–Trinajstić information content (AvgIpc) is 2.38. The third-order valence-electron chi connectivity index (χ3n) is 2.65. The van der Waals surface area contributed by atoms with Crippen LogP contribution in [0.25, 0.3) is 0 Å². The van der Waals surface area contributed by atoms with E-state index < -0.39 is 0 Å². The lowest BCUT2D eigenvalue weighted by atomic mass is 10.1. The minimum atomic E-state index is -0.241. The molecule has 0 aliphatic carbocycles. The number of rotatable bonds is 3. The van der Waals surface area contributed by atoms with Crippen molar-refractivity contribution in [2.75, 3.05) is 0 Å². The maximum Gasteiger partial charge on any atom is 0.270 e. The number of carbonyl (C=O) groups excluding carboxylic acids is 1. The molecule has 0 aliphatic rings. The lowest BCUT2D eigenvalue weighted by molar-refractivity contribution is 0.0935. The van der Waals surface area contributed by atoms with E-state index in [1.54, 1.807) is 12.1 Å². The fourth-order valence-electron chi connectivity index (χ4n) is 1.66. The summed E-state index contributed by atoms with van der Waals surface area (Å²) < 4.78 is 0.979. The van der Waals surface area contributed by atoms with Crippen LogP contribution in [0.5, 0.6) is 0 Å². The number of carbonyl (C=O) groups is 1. The number of hydrogen-bond acceptors (Lipinski definition) is 2. The standard InChI is InChI=1S/C14H12BrClN2O/c1-9(10-3-2-4-11(15)7-10)18-14(19)13-8-12(16)5-6-17-13/h2-9H,1H3,(H,18,19). The number of aromatic nitrogens is 1. The monoisotopic (exact) mass is 338 g/mol. The van der Waals surface area contributed by atoms with Crippen molar-refractivity contribution in [1.29, 1.82) is 0 Å². The van der Waals surface area contributed by atoms with Crippen molar-refractivity contribution in [2.24, 2.45) is 0 Å². The van der Waals surface area contributed by atoms with Gasteiger partial charge in [-0.2, -0.15) is 0 Å². The molecule has 0 saturated carbocycles. The molecular formula is C14H12BrClN2O. The Morgan fingerprint density at radius 1 is 1.37 bits per heavy atom. The maximum absolute atomic E-state index is 12.0. The third-order valence-corrected chi connectivity index (χ3v) is 3.38.